The number of hydrogen-bond acceptors (Lipinski definition) is 7. The number of allylic oxidation sites excluding steroid dienone is 1. The van der Waals surface area contributed by atoms with E-state index in [0.29, 0.717) is 21.3 Å². The number of amides is 1. The third-order valence-electron chi connectivity index (χ3n) is 4.53. The number of hydrogen-bond donors (Lipinski definition) is 2. The number of carbonyl (C=O) groups excluding carboxylic acids is 2. The van der Waals surface area contributed by atoms with Gasteiger partial charge in [0.05, 0.1) is 17.9 Å². The first-order chi connectivity index (χ1) is 14.4. The minimum Gasteiger partial charge on any atom is -0.510 e. The fourth-order valence-corrected chi connectivity index (χ4v) is 4.53. The Morgan fingerprint density at radius 1 is 1.23 bits per heavy atom. The maximum Gasteiger partial charge on any atom is 0.341 e. The van der Waals surface area contributed by atoms with Crippen LogP contribution in [0.5, 0.6) is 0 Å². The zero-order chi connectivity index (χ0) is 21.7. The lowest BCUT2D eigenvalue weighted by atomic mass is 9.95. The Hall–Kier alpha value is -2.71. The molecule has 1 amide bonds. The number of nitrogens with one attached hydrogen (secondary N) is 1. The summed E-state index contributed by atoms with van der Waals surface area (Å²) in [5, 5.41) is 21.5. The van der Waals surface area contributed by atoms with Gasteiger partial charge in [0.1, 0.15) is 10.8 Å². The zero-order valence-electron chi connectivity index (χ0n) is 16.7. The van der Waals surface area contributed by atoms with Gasteiger partial charge in [0.15, 0.2) is 5.70 Å². The van der Waals surface area contributed by atoms with Gasteiger partial charge in [-0.3, -0.25) is 4.79 Å². The SMILES string of the molecule is CCOC(=O)c1c(NC(=O)/C(N=Nc2ccc(Cl)cc2)=C(\C)O)sc2c1CCCC2. The van der Waals surface area contributed by atoms with E-state index in [0.717, 1.165) is 36.1 Å². The van der Waals surface area contributed by atoms with Crippen molar-refractivity contribution in [2.75, 3.05) is 11.9 Å². The minimum atomic E-state index is -0.656. The summed E-state index contributed by atoms with van der Waals surface area (Å²) >= 11 is 7.21. The van der Waals surface area contributed by atoms with Crippen molar-refractivity contribution in [1.29, 1.82) is 0 Å². The van der Waals surface area contributed by atoms with E-state index in [1.54, 1.807) is 31.2 Å². The summed E-state index contributed by atoms with van der Waals surface area (Å²) in [7, 11) is 0. The number of esters is 1. The van der Waals surface area contributed by atoms with Crippen LogP contribution >= 0.6 is 22.9 Å². The molecule has 0 bridgehead atoms. The van der Waals surface area contributed by atoms with Crippen LogP contribution in [-0.2, 0) is 22.4 Å². The van der Waals surface area contributed by atoms with Crippen LogP contribution in [0, 0.1) is 0 Å². The van der Waals surface area contributed by atoms with Crippen molar-refractivity contribution in [2.24, 2.45) is 10.2 Å². The van der Waals surface area contributed by atoms with Crippen LogP contribution < -0.4 is 5.32 Å². The second-order valence-electron chi connectivity index (χ2n) is 6.70. The second-order valence-corrected chi connectivity index (χ2v) is 8.24. The number of fused-ring (bicyclic) bond motifs is 1. The molecule has 0 radical (unpaired) electrons. The lowest BCUT2D eigenvalue weighted by Crippen LogP contribution is -2.17. The third kappa shape index (κ3) is 5.06. The van der Waals surface area contributed by atoms with Crippen molar-refractivity contribution in [3.8, 4) is 0 Å². The third-order valence-corrected chi connectivity index (χ3v) is 5.99. The molecule has 2 aromatic rings. The Balaban J connectivity index is 1.87. The van der Waals surface area contributed by atoms with Gasteiger partial charge in [0, 0.05) is 9.90 Å². The molecule has 1 aromatic heterocycles. The largest absolute Gasteiger partial charge is 0.510 e. The monoisotopic (exact) mass is 447 g/mol. The Kier molecular flexibility index (Phi) is 7.23. The first-order valence-electron chi connectivity index (χ1n) is 9.60. The van der Waals surface area contributed by atoms with Crippen LogP contribution in [0.3, 0.4) is 0 Å². The number of carbonyl (C=O) groups is 2. The maximum absolute atomic E-state index is 12.8. The van der Waals surface area contributed by atoms with Crippen LogP contribution in [0.4, 0.5) is 10.7 Å². The molecule has 0 saturated carbocycles. The van der Waals surface area contributed by atoms with Gasteiger partial charge in [-0.1, -0.05) is 11.6 Å². The van der Waals surface area contributed by atoms with E-state index in [2.05, 4.69) is 15.5 Å². The first kappa shape index (κ1) is 22.0. The van der Waals surface area contributed by atoms with Crippen LogP contribution in [0.15, 0.2) is 46.0 Å². The molecule has 1 aromatic carbocycles. The molecule has 2 N–H and O–H groups in total. The highest BCUT2D eigenvalue weighted by Crippen LogP contribution is 2.39. The van der Waals surface area contributed by atoms with Gasteiger partial charge in [0.2, 0.25) is 0 Å². The lowest BCUT2D eigenvalue weighted by Gasteiger charge is -2.12. The second kappa shape index (κ2) is 9.86. The Labute approximate surface area is 183 Å². The van der Waals surface area contributed by atoms with E-state index in [9.17, 15) is 14.7 Å². The molecule has 1 aliphatic carbocycles. The van der Waals surface area contributed by atoms with E-state index in [1.165, 1.54) is 18.3 Å². The Morgan fingerprint density at radius 3 is 2.60 bits per heavy atom. The van der Waals surface area contributed by atoms with E-state index in [1.807, 2.05) is 0 Å². The van der Waals surface area contributed by atoms with E-state index in [4.69, 9.17) is 16.3 Å². The number of ether oxygens (including phenoxy) is 1. The number of azo groups is 1. The quantitative estimate of drug-likeness (QED) is 0.246. The standard InChI is InChI=1S/C21H22ClN3O4S/c1-3-29-21(28)17-15-6-4-5-7-16(15)30-20(17)23-19(27)18(12(2)26)25-24-14-10-8-13(22)9-11-14/h8-11,26H,3-7H2,1-2H3,(H,23,27)/b18-12-,25-24?. The number of aliphatic hydroxyl groups excluding tert-OH is 1. The molecule has 0 aliphatic heterocycles. The number of anilines is 1. The molecular formula is C21H22ClN3O4S. The van der Waals surface area contributed by atoms with E-state index < -0.39 is 11.9 Å². The van der Waals surface area contributed by atoms with Crippen molar-refractivity contribution in [2.45, 2.75) is 39.5 Å². The summed E-state index contributed by atoms with van der Waals surface area (Å²) in [6.07, 6.45) is 3.66. The highest BCUT2D eigenvalue weighted by Gasteiger charge is 2.28. The van der Waals surface area contributed by atoms with Crippen LogP contribution in [0.2, 0.25) is 5.02 Å². The summed E-state index contributed by atoms with van der Waals surface area (Å²) in [6.45, 7) is 3.33. The average molecular weight is 448 g/mol. The molecule has 1 heterocycles. The summed E-state index contributed by atoms with van der Waals surface area (Å²) in [4.78, 5) is 26.4. The van der Waals surface area contributed by atoms with Gasteiger partial charge in [-0.25, -0.2) is 4.79 Å². The van der Waals surface area contributed by atoms with Gasteiger partial charge in [-0.15, -0.1) is 16.5 Å². The molecule has 1 aliphatic rings. The number of rotatable bonds is 6. The zero-order valence-corrected chi connectivity index (χ0v) is 18.3. The first-order valence-corrected chi connectivity index (χ1v) is 10.8. The lowest BCUT2D eigenvalue weighted by molar-refractivity contribution is -0.113. The number of nitrogens with zero attached hydrogens (tertiary/aromatic N) is 2. The van der Waals surface area contributed by atoms with Crippen LogP contribution in [0.1, 0.15) is 47.5 Å². The molecule has 3 rings (SSSR count). The molecule has 0 saturated heterocycles. The fraction of sp³-hybridized carbons (Fsp3) is 0.333. The van der Waals surface area contributed by atoms with Crippen molar-refractivity contribution in [3.63, 3.8) is 0 Å². The molecule has 0 atom stereocenters. The van der Waals surface area contributed by atoms with Crippen molar-refractivity contribution >= 4 is 45.5 Å². The summed E-state index contributed by atoms with van der Waals surface area (Å²) in [5.74, 6) is -1.40. The van der Waals surface area contributed by atoms with Gasteiger partial charge in [-0.05, 0) is 69.4 Å². The van der Waals surface area contributed by atoms with Gasteiger partial charge in [0.25, 0.3) is 5.91 Å². The predicted octanol–water partition coefficient (Wildman–Crippen LogP) is 5.97. The molecule has 9 heteroatoms. The molecule has 0 fully saturated rings. The summed E-state index contributed by atoms with van der Waals surface area (Å²) in [5.41, 5.74) is 1.57. The molecular weight excluding hydrogens is 426 g/mol. The number of aryl methyl sites for hydroxylation is 1. The van der Waals surface area contributed by atoms with Crippen molar-refractivity contribution in [3.05, 3.63) is 56.7 Å². The maximum atomic E-state index is 12.8. The van der Waals surface area contributed by atoms with E-state index in [-0.39, 0.29) is 18.1 Å². The number of aliphatic hydroxyl groups is 1. The normalized spacial score (nSPS) is 14.2. The molecule has 30 heavy (non-hydrogen) atoms. The summed E-state index contributed by atoms with van der Waals surface area (Å²) < 4.78 is 5.20. The van der Waals surface area contributed by atoms with Crippen LogP contribution in [-0.4, -0.2) is 23.6 Å². The van der Waals surface area contributed by atoms with Gasteiger partial charge < -0.3 is 15.2 Å². The van der Waals surface area contributed by atoms with Gasteiger partial charge in [-0.2, -0.15) is 5.11 Å². The van der Waals surface area contributed by atoms with Gasteiger partial charge >= 0.3 is 5.97 Å². The molecule has 0 spiro atoms. The topological polar surface area (TPSA) is 100 Å². The number of thiophene rings is 1. The smallest absolute Gasteiger partial charge is 0.341 e. The van der Waals surface area contributed by atoms with Crippen LogP contribution in [0.25, 0.3) is 0 Å². The highest BCUT2D eigenvalue weighted by atomic mass is 35.5. The van der Waals surface area contributed by atoms with Crippen molar-refractivity contribution < 1.29 is 19.4 Å². The number of halogens is 1. The average Bonchev–Trinajstić information content (AvgIpc) is 3.07. The molecule has 158 valence electrons. The Morgan fingerprint density at radius 2 is 1.93 bits per heavy atom. The molecule has 0 unspecified atom stereocenters. The van der Waals surface area contributed by atoms with E-state index >= 15 is 0 Å². The Bertz CT molecular complexity index is 1010. The molecule has 7 nitrogen and oxygen atoms in total. The minimum absolute atomic E-state index is 0.243. The predicted molar refractivity (Wildman–Crippen MR) is 117 cm³/mol. The van der Waals surface area contributed by atoms with Crippen molar-refractivity contribution in [1.82, 2.24) is 0 Å². The highest BCUT2D eigenvalue weighted by molar-refractivity contribution is 7.17. The fourth-order valence-electron chi connectivity index (χ4n) is 3.13. The number of benzene rings is 1. The summed E-state index contributed by atoms with van der Waals surface area (Å²) in [6, 6.07) is 6.57.